The maximum atomic E-state index is 12.3. The normalized spacial score (nSPS) is 15.1. The molecule has 2 aromatic rings. The zero-order valence-corrected chi connectivity index (χ0v) is 12.2. The third-order valence-electron chi connectivity index (χ3n) is 3.48. The van der Waals surface area contributed by atoms with Crippen molar-refractivity contribution in [3.05, 3.63) is 53.3 Å². The van der Waals surface area contributed by atoms with Gasteiger partial charge < -0.3 is 9.80 Å². The molecule has 1 aliphatic heterocycles. The van der Waals surface area contributed by atoms with Crippen LogP contribution in [-0.4, -0.2) is 47.0 Å². The van der Waals surface area contributed by atoms with Crippen LogP contribution in [0.15, 0.2) is 42.7 Å². The molecule has 3 rings (SSSR count). The van der Waals surface area contributed by atoms with Gasteiger partial charge in [0.1, 0.15) is 0 Å². The molecule has 1 aromatic heterocycles. The van der Waals surface area contributed by atoms with Crippen molar-refractivity contribution in [2.75, 3.05) is 31.1 Å². The first-order valence-corrected chi connectivity index (χ1v) is 7.18. The van der Waals surface area contributed by atoms with Gasteiger partial charge >= 0.3 is 0 Å². The van der Waals surface area contributed by atoms with Gasteiger partial charge in [-0.1, -0.05) is 29.8 Å². The largest absolute Gasteiger partial charge is 0.337 e. The van der Waals surface area contributed by atoms with E-state index in [1.807, 2.05) is 35.2 Å². The van der Waals surface area contributed by atoms with Crippen LogP contribution in [0.25, 0.3) is 0 Å². The minimum absolute atomic E-state index is 0.0762. The number of benzene rings is 1. The summed E-state index contributed by atoms with van der Waals surface area (Å²) >= 11 is 5.79. The molecule has 2 heterocycles. The lowest BCUT2D eigenvalue weighted by Crippen LogP contribution is -2.49. The topological polar surface area (TPSA) is 49.3 Å². The third-order valence-corrected chi connectivity index (χ3v) is 3.67. The van der Waals surface area contributed by atoms with Gasteiger partial charge in [-0.05, 0) is 12.1 Å². The molecular formula is C15H15ClN4O. The van der Waals surface area contributed by atoms with E-state index in [9.17, 15) is 4.79 Å². The lowest BCUT2D eigenvalue weighted by Gasteiger charge is -2.34. The van der Waals surface area contributed by atoms with E-state index < -0.39 is 0 Å². The molecule has 0 aliphatic carbocycles. The first-order chi connectivity index (χ1) is 10.2. The molecule has 108 valence electrons. The second kappa shape index (κ2) is 6.10. The predicted octanol–water partition coefficient (Wildman–Crippen LogP) is 2.09. The van der Waals surface area contributed by atoms with Crippen LogP contribution >= 0.6 is 11.6 Å². The highest BCUT2D eigenvalue weighted by Gasteiger charge is 2.23. The molecule has 1 aromatic carbocycles. The molecule has 0 atom stereocenters. The molecule has 5 nitrogen and oxygen atoms in total. The Morgan fingerprint density at radius 1 is 1.00 bits per heavy atom. The van der Waals surface area contributed by atoms with Crippen LogP contribution in [0.3, 0.4) is 0 Å². The molecular weight excluding hydrogens is 288 g/mol. The molecule has 21 heavy (non-hydrogen) atoms. The number of carbonyl (C=O) groups excluding carboxylic acids is 1. The number of nitrogens with zero attached hydrogens (tertiary/aromatic N) is 4. The van der Waals surface area contributed by atoms with E-state index in [1.165, 1.54) is 0 Å². The van der Waals surface area contributed by atoms with Crippen LogP contribution in [-0.2, 0) is 0 Å². The number of hydrogen-bond donors (Lipinski definition) is 0. The lowest BCUT2D eigenvalue weighted by atomic mass is 10.2. The summed E-state index contributed by atoms with van der Waals surface area (Å²) in [5.41, 5.74) is 0.730. The summed E-state index contributed by atoms with van der Waals surface area (Å²) < 4.78 is 0. The average Bonchev–Trinajstić information content (AvgIpc) is 2.56. The molecule has 0 N–H and O–H groups in total. The number of amides is 1. The van der Waals surface area contributed by atoms with Crippen molar-refractivity contribution in [3.63, 3.8) is 0 Å². The minimum Gasteiger partial charge on any atom is -0.337 e. The van der Waals surface area contributed by atoms with Gasteiger partial charge in [-0.15, -0.1) is 0 Å². The van der Waals surface area contributed by atoms with Gasteiger partial charge in [0.25, 0.3) is 5.91 Å². The predicted molar refractivity (Wildman–Crippen MR) is 81.6 cm³/mol. The van der Waals surface area contributed by atoms with Crippen molar-refractivity contribution in [2.45, 2.75) is 0 Å². The highest BCUT2D eigenvalue weighted by molar-refractivity contribution is 6.30. The van der Waals surface area contributed by atoms with Gasteiger partial charge in [-0.25, -0.2) is 9.97 Å². The van der Waals surface area contributed by atoms with E-state index in [-0.39, 0.29) is 5.91 Å². The lowest BCUT2D eigenvalue weighted by molar-refractivity contribution is 0.0746. The molecule has 0 unspecified atom stereocenters. The maximum absolute atomic E-state index is 12.3. The van der Waals surface area contributed by atoms with Crippen molar-refractivity contribution < 1.29 is 4.79 Å². The zero-order valence-electron chi connectivity index (χ0n) is 11.4. The van der Waals surface area contributed by atoms with E-state index in [0.29, 0.717) is 24.1 Å². The quantitative estimate of drug-likeness (QED) is 0.852. The number of halogens is 1. The highest BCUT2D eigenvalue weighted by Crippen LogP contribution is 2.14. The second-order valence-corrected chi connectivity index (χ2v) is 5.28. The molecule has 0 bridgehead atoms. The van der Waals surface area contributed by atoms with E-state index in [2.05, 4.69) is 14.9 Å². The summed E-state index contributed by atoms with van der Waals surface area (Å²) in [6, 6.07) is 9.36. The van der Waals surface area contributed by atoms with Crippen molar-refractivity contribution >= 4 is 23.5 Å². The summed E-state index contributed by atoms with van der Waals surface area (Å²) in [6.45, 7) is 2.78. The standard InChI is InChI=1S/C15H15ClN4O/c16-13-10-17-15(18-11-13)20-8-6-19(7-9-20)14(21)12-4-2-1-3-5-12/h1-5,10-11H,6-9H2. The molecule has 1 aliphatic rings. The van der Waals surface area contributed by atoms with Gasteiger partial charge in [0.2, 0.25) is 5.95 Å². The van der Waals surface area contributed by atoms with Crippen LogP contribution < -0.4 is 4.90 Å². The van der Waals surface area contributed by atoms with Crippen LogP contribution in [0.4, 0.5) is 5.95 Å². The Kier molecular flexibility index (Phi) is 4.01. The van der Waals surface area contributed by atoms with Crippen LogP contribution in [0, 0.1) is 0 Å². The summed E-state index contributed by atoms with van der Waals surface area (Å²) in [7, 11) is 0. The number of hydrogen-bond acceptors (Lipinski definition) is 4. The Hall–Kier alpha value is -2.14. The molecule has 0 saturated carbocycles. The van der Waals surface area contributed by atoms with Gasteiger partial charge in [0, 0.05) is 31.7 Å². The van der Waals surface area contributed by atoms with Crippen LogP contribution in [0.2, 0.25) is 5.02 Å². The highest BCUT2D eigenvalue weighted by atomic mass is 35.5. The fraction of sp³-hybridized carbons (Fsp3) is 0.267. The van der Waals surface area contributed by atoms with Gasteiger partial charge in [-0.3, -0.25) is 4.79 Å². The van der Waals surface area contributed by atoms with E-state index >= 15 is 0 Å². The number of aromatic nitrogens is 2. The fourth-order valence-corrected chi connectivity index (χ4v) is 2.44. The summed E-state index contributed by atoms with van der Waals surface area (Å²) in [5.74, 6) is 0.735. The Morgan fingerprint density at radius 2 is 1.62 bits per heavy atom. The molecule has 0 spiro atoms. The van der Waals surface area contributed by atoms with Crippen molar-refractivity contribution in [1.82, 2.24) is 14.9 Å². The molecule has 6 heteroatoms. The number of anilines is 1. The van der Waals surface area contributed by atoms with E-state index in [0.717, 1.165) is 18.7 Å². The van der Waals surface area contributed by atoms with Crippen molar-refractivity contribution in [1.29, 1.82) is 0 Å². The Labute approximate surface area is 128 Å². The van der Waals surface area contributed by atoms with Gasteiger partial charge in [0.05, 0.1) is 17.4 Å². The van der Waals surface area contributed by atoms with E-state index in [1.54, 1.807) is 12.4 Å². The number of piperazine rings is 1. The monoisotopic (exact) mass is 302 g/mol. The first kappa shape index (κ1) is 13.8. The summed E-state index contributed by atoms with van der Waals surface area (Å²) in [6.07, 6.45) is 3.18. The van der Waals surface area contributed by atoms with Crippen molar-refractivity contribution in [3.8, 4) is 0 Å². The average molecular weight is 303 g/mol. The molecule has 1 saturated heterocycles. The smallest absolute Gasteiger partial charge is 0.253 e. The van der Waals surface area contributed by atoms with Crippen LogP contribution in [0.1, 0.15) is 10.4 Å². The van der Waals surface area contributed by atoms with Crippen molar-refractivity contribution in [2.24, 2.45) is 0 Å². The van der Waals surface area contributed by atoms with Gasteiger partial charge in [-0.2, -0.15) is 0 Å². The third kappa shape index (κ3) is 3.13. The first-order valence-electron chi connectivity index (χ1n) is 6.81. The molecule has 1 fully saturated rings. The molecule has 0 radical (unpaired) electrons. The zero-order chi connectivity index (χ0) is 14.7. The Balaban J connectivity index is 1.63. The van der Waals surface area contributed by atoms with Crippen LogP contribution in [0.5, 0.6) is 0 Å². The summed E-state index contributed by atoms with van der Waals surface area (Å²) in [4.78, 5) is 24.7. The number of rotatable bonds is 2. The minimum atomic E-state index is 0.0762. The number of carbonyl (C=O) groups is 1. The summed E-state index contributed by atoms with van der Waals surface area (Å²) in [5, 5.41) is 0.525. The fourth-order valence-electron chi connectivity index (χ4n) is 2.34. The Morgan fingerprint density at radius 3 is 2.24 bits per heavy atom. The maximum Gasteiger partial charge on any atom is 0.253 e. The second-order valence-electron chi connectivity index (χ2n) is 4.85. The van der Waals surface area contributed by atoms with E-state index in [4.69, 9.17) is 11.6 Å². The Bertz CT molecular complexity index is 609. The van der Waals surface area contributed by atoms with Gasteiger partial charge in [0.15, 0.2) is 0 Å². The SMILES string of the molecule is O=C(c1ccccc1)N1CCN(c2ncc(Cl)cn2)CC1. The molecule has 1 amide bonds.